The zero-order valence-corrected chi connectivity index (χ0v) is 17.1. The van der Waals surface area contributed by atoms with E-state index < -0.39 is 10.0 Å². The highest BCUT2D eigenvalue weighted by atomic mass is 32.2. The number of hydrogen-bond acceptors (Lipinski definition) is 4. The summed E-state index contributed by atoms with van der Waals surface area (Å²) in [5, 5.41) is 2.88. The molecule has 0 unspecified atom stereocenters. The zero-order valence-electron chi connectivity index (χ0n) is 16.3. The number of likely N-dealkylation sites (N-methyl/N-ethyl adjacent to an activating group) is 1. The summed E-state index contributed by atoms with van der Waals surface area (Å²) in [6, 6.07) is 14.4. The van der Waals surface area contributed by atoms with E-state index in [1.807, 2.05) is 6.07 Å². The number of nitrogens with one attached hydrogen (secondary N) is 2. The molecule has 2 aromatic carbocycles. The van der Waals surface area contributed by atoms with Gasteiger partial charge in [0.2, 0.25) is 10.0 Å². The Labute approximate surface area is 167 Å². The molecule has 0 saturated heterocycles. The third-order valence-corrected chi connectivity index (χ3v) is 6.24. The third-order valence-electron chi connectivity index (χ3n) is 4.72. The summed E-state index contributed by atoms with van der Waals surface area (Å²) in [7, 11) is -3.57. The van der Waals surface area contributed by atoms with Crippen LogP contribution in [0.25, 0.3) is 0 Å². The number of carbonyl (C=O) groups is 1. The summed E-state index contributed by atoms with van der Waals surface area (Å²) < 4.78 is 27.3. The number of hydrogen-bond donors (Lipinski definition) is 2. The molecule has 0 heterocycles. The Hall–Kier alpha value is -2.38. The minimum atomic E-state index is -3.57. The first-order valence-electron chi connectivity index (χ1n) is 9.61. The highest BCUT2D eigenvalue weighted by molar-refractivity contribution is 7.89. The fourth-order valence-corrected chi connectivity index (χ4v) is 4.34. The lowest BCUT2D eigenvalue weighted by atomic mass is 10.2. The van der Waals surface area contributed by atoms with Crippen molar-refractivity contribution in [3.8, 4) is 0 Å². The number of benzene rings is 2. The second-order valence-corrected chi connectivity index (χ2v) is 8.81. The number of rotatable bonds is 9. The molecule has 150 valence electrons. The summed E-state index contributed by atoms with van der Waals surface area (Å²) >= 11 is 0. The highest BCUT2D eigenvalue weighted by Gasteiger charge is 2.28. The van der Waals surface area contributed by atoms with Crippen molar-refractivity contribution in [1.82, 2.24) is 10.0 Å². The second kappa shape index (κ2) is 8.75. The Balaban J connectivity index is 1.59. The van der Waals surface area contributed by atoms with Crippen molar-refractivity contribution >= 4 is 21.6 Å². The van der Waals surface area contributed by atoms with Crippen molar-refractivity contribution in [2.75, 3.05) is 24.5 Å². The van der Waals surface area contributed by atoms with Gasteiger partial charge in [-0.25, -0.2) is 13.1 Å². The SMILES string of the molecule is CCN(CCNC(=O)c1cccc(S(=O)(=O)NC2CC2)c1)c1cccc(C)c1. The lowest BCUT2D eigenvalue weighted by molar-refractivity contribution is 0.0954. The largest absolute Gasteiger partial charge is 0.370 e. The van der Waals surface area contributed by atoms with Crippen molar-refractivity contribution in [3.63, 3.8) is 0 Å². The molecule has 1 fully saturated rings. The lowest BCUT2D eigenvalue weighted by Crippen LogP contribution is -2.35. The first-order valence-corrected chi connectivity index (χ1v) is 11.1. The number of amides is 1. The van der Waals surface area contributed by atoms with Crippen molar-refractivity contribution in [2.45, 2.75) is 37.6 Å². The fourth-order valence-electron chi connectivity index (χ4n) is 2.99. The summed E-state index contributed by atoms with van der Waals surface area (Å²) in [5.74, 6) is -0.274. The van der Waals surface area contributed by atoms with Crippen molar-refractivity contribution in [2.24, 2.45) is 0 Å². The standard InChI is InChI=1S/C21H27N3O3S/c1-3-24(19-8-4-6-16(2)14-19)13-12-22-21(25)17-7-5-9-20(15-17)28(26,27)23-18-10-11-18/h4-9,14-15,18,23H,3,10-13H2,1-2H3,(H,22,25). The number of carbonyl (C=O) groups excluding carboxylic acids is 1. The molecule has 28 heavy (non-hydrogen) atoms. The molecule has 1 saturated carbocycles. The Kier molecular flexibility index (Phi) is 6.36. The smallest absolute Gasteiger partial charge is 0.251 e. The predicted octanol–water partition coefficient (Wildman–Crippen LogP) is 2.69. The quantitative estimate of drug-likeness (QED) is 0.677. The van der Waals surface area contributed by atoms with E-state index in [1.165, 1.54) is 17.7 Å². The van der Waals surface area contributed by atoms with Gasteiger partial charge in [-0.3, -0.25) is 4.79 Å². The molecule has 1 aliphatic carbocycles. The van der Waals surface area contributed by atoms with Gasteiger partial charge in [0.05, 0.1) is 4.90 Å². The molecule has 1 aliphatic rings. The summed E-state index contributed by atoms with van der Waals surface area (Å²) in [6.45, 7) is 6.11. The molecule has 0 aliphatic heterocycles. The molecule has 2 aromatic rings. The minimum absolute atomic E-state index is 0.0316. The molecule has 1 amide bonds. The highest BCUT2D eigenvalue weighted by Crippen LogP contribution is 2.22. The van der Waals surface area contributed by atoms with Gasteiger partial charge in [0, 0.05) is 36.9 Å². The van der Waals surface area contributed by atoms with Gasteiger partial charge in [0.1, 0.15) is 0 Å². The Morgan fingerprint density at radius 2 is 1.89 bits per heavy atom. The average Bonchev–Trinajstić information content (AvgIpc) is 3.48. The van der Waals surface area contributed by atoms with Crippen LogP contribution in [0.4, 0.5) is 5.69 Å². The summed E-state index contributed by atoms with van der Waals surface area (Å²) in [6.07, 6.45) is 1.74. The molecule has 0 bridgehead atoms. The van der Waals surface area contributed by atoms with Crippen LogP contribution in [0.3, 0.4) is 0 Å². The fraction of sp³-hybridized carbons (Fsp3) is 0.381. The zero-order chi connectivity index (χ0) is 20.1. The molecule has 0 spiro atoms. The maximum Gasteiger partial charge on any atom is 0.251 e. The summed E-state index contributed by atoms with van der Waals surface area (Å²) in [5.41, 5.74) is 2.66. The minimum Gasteiger partial charge on any atom is -0.370 e. The van der Waals surface area contributed by atoms with Crippen molar-refractivity contribution < 1.29 is 13.2 Å². The van der Waals surface area contributed by atoms with Crippen molar-refractivity contribution in [3.05, 3.63) is 59.7 Å². The molecule has 2 N–H and O–H groups in total. The molecule has 3 rings (SSSR count). The second-order valence-electron chi connectivity index (χ2n) is 7.10. The molecular formula is C21H27N3O3S. The van der Waals surface area contributed by atoms with Crippen LogP contribution in [0.5, 0.6) is 0 Å². The van der Waals surface area contributed by atoms with Gasteiger partial charge in [0.15, 0.2) is 0 Å². The van der Waals surface area contributed by atoms with Gasteiger partial charge in [-0.2, -0.15) is 0 Å². The topological polar surface area (TPSA) is 78.5 Å². The van der Waals surface area contributed by atoms with Gasteiger partial charge in [0.25, 0.3) is 5.91 Å². The van der Waals surface area contributed by atoms with E-state index in [0.717, 1.165) is 25.1 Å². The molecule has 0 aromatic heterocycles. The molecule has 0 atom stereocenters. The van der Waals surface area contributed by atoms with Crippen LogP contribution >= 0.6 is 0 Å². The molecule has 7 heteroatoms. The maximum atomic E-state index is 12.5. The van der Waals surface area contributed by atoms with Crippen LogP contribution < -0.4 is 14.9 Å². The van der Waals surface area contributed by atoms with Crippen LogP contribution in [0, 0.1) is 6.92 Å². The van der Waals surface area contributed by atoms with Gasteiger partial charge >= 0.3 is 0 Å². The van der Waals surface area contributed by atoms with Crippen molar-refractivity contribution in [1.29, 1.82) is 0 Å². The predicted molar refractivity (Wildman–Crippen MR) is 111 cm³/mol. The van der Waals surface area contributed by atoms with Gasteiger partial charge in [-0.05, 0) is 62.6 Å². The number of sulfonamides is 1. The first-order chi connectivity index (χ1) is 13.4. The van der Waals surface area contributed by atoms with E-state index in [9.17, 15) is 13.2 Å². The molecular weight excluding hydrogens is 374 g/mol. The lowest BCUT2D eigenvalue weighted by Gasteiger charge is -2.23. The van der Waals surface area contributed by atoms with E-state index in [0.29, 0.717) is 18.7 Å². The first kappa shape index (κ1) is 20.4. The monoisotopic (exact) mass is 401 g/mol. The molecule has 0 radical (unpaired) electrons. The number of nitrogens with zero attached hydrogens (tertiary/aromatic N) is 1. The normalized spacial score (nSPS) is 13.9. The third kappa shape index (κ3) is 5.33. The van der Waals surface area contributed by atoms with E-state index in [2.05, 4.69) is 47.0 Å². The van der Waals surface area contributed by atoms with Crippen LogP contribution in [0.2, 0.25) is 0 Å². The number of aryl methyl sites for hydroxylation is 1. The van der Waals surface area contributed by atoms with E-state index in [-0.39, 0.29) is 16.8 Å². The Morgan fingerprint density at radius 1 is 1.14 bits per heavy atom. The summed E-state index contributed by atoms with van der Waals surface area (Å²) in [4.78, 5) is 14.8. The van der Waals surface area contributed by atoms with Crippen LogP contribution in [0.1, 0.15) is 35.7 Å². The van der Waals surface area contributed by atoms with Gasteiger partial charge in [-0.15, -0.1) is 0 Å². The molecule has 6 nitrogen and oxygen atoms in total. The van der Waals surface area contributed by atoms with Gasteiger partial charge in [-0.1, -0.05) is 18.2 Å². The van der Waals surface area contributed by atoms with Crippen LogP contribution in [-0.4, -0.2) is 40.0 Å². The van der Waals surface area contributed by atoms with Crippen LogP contribution in [-0.2, 0) is 10.0 Å². The van der Waals surface area contributed by atoms with E-state index >= 15 is 0 Å². The average molecular weight is 402 g/mol. The maximum absolute atomic E-state index is 12.5. The number of anilines is 1. The Morgan fingerprint density at radius 3 is 2.57 bits per heavy atom. The Bertz CT molecular complexity index is 939. The van der Waals surface area contributed by atoms with Crippen LogP contribution in [0.15, 0.2) is 53.4 Å². The van der Waals surface area contributed by atoms with Gasteiger partial charge < -0.3 is 10.2 Å². The van der Waals surface area contributed by atoms with E-state index in [4.69, 9.17) is 0 Å². The van der Waals surface area contributed by atoms with E-state index in [1.54, 1.807) is 12.1 Å².